The Morgan fingerprint density at radius 2 is 1.76 bits per heavy atom. The average Bonchev–Trinajstić information content (AvgIpc) is 2.30. The largest absolute Gasteiger partial charge is 0.411 e. The van der Waals surface area contributed by atoms with Gasteiger partial charge in [-0.3, -0.25) is 0 Å². The van der Waals surface area contributed by atoms with Gasteiger partial charge in [0.1, 0.15) is 0 Å². The molecule has 0 saturated carbocycles. The van der Waals surface area contributed by atoms with E-state index in [0.717, 1.165) is 18.6 Å². The number of hydrogen-bond donors (Lipinski definition) is 1. The maximum Gasteiger partial charge on any atom is 0.411 e. The van der Waals surface area contributed by atoms with E-state index in [-0.39, 0.29) is 0 Å². The number of hydrogen-bond acceptors (Lipinski definition) is 3. The van der Waals surface area contributed by atoms with Gasteiger partial charge in [0, 0.05) is 24.8 Å². The van der Waals surface area contributed by atoms with E-state index in [1.54, 1.807) is 0 Å². The molecule has 0 amide bonds. The summed E-state index contributed by atoms with van der Waals surface area (Å²) in [6.07, 6.45) is 1.48. The van der Waals surface area contributed by atoms with Crippen LogP contribution in [-0.2, 0) is 9.19 Å². The summed E-state index contributed by atoms with van der Waals surface area (Å²) in [5.74, 6) is 0.610. The minimum Gasteiger partial charge on any atom is -0.311 e. The summed E-state index contributed by atoms with van der Waals surface area (Å²) < 4.78 is 18.5. The monoisotopic (exact) mass is 303 g/mol. The van der Waals surface area contributed by atoms with Crippen LogP contribution in [0.1, 0.15) is 26.7 Å². The second kappa shape index (κ2) is 9.17. The summed E-state index contributed by atoms with van der Waals surface area (Å²) in [5.41, 5.74) is 6.44. The molecule has 0 aromatic heterocycles. The van der Waals surface area contributed by atoms with Crippen LogP contribution in [-0.4, -0.2) is 35.2 Å². The van der Waals surface area contributed by atoms with Gasteiger partial charge in [-0.1, -0.05) is 19.0 Å². The fraction of sp³-hybridized carbons (Fsp3) is 0.889. The fourth-order valence-corrected chi connectivity index (χ4v) is 2.87. The van der Waals surface area contributed by atoms with Gasteiger partial charge in [0.25, 0.3) is 0 Å². The zero-order valence-electron chi connectivity index (χ0n) is 10.2. The quantitative estimate of drug-likeness (QED) is 0.308. The molecule has 0 aromatic rings. The number of oxime groups is 1. The molecule has 1 atom stereocenters. The van der Waals surface area contributed by atoms with Gasteiger partial charge in [-0.15, -0.1) is 23.2 Å². The molecule has 8 heteroatoms. The Morgan fingerprint density at radius 1 is 1.29 bits per heavy atom. The summed E-state index contributed by atoms with van der Waals surface area (Å²) >= 11 is 11.2. The molecule has 0 aromatic carbocycles. The van der Waals surface area contributed by atoms with Crippen molar-refractivity contribution in [3.05, 3.63) is 0 Å². The van der Waals surface area contributed by atoms with Crippen LogP contribution in [0, 0.1) is 0 Å². The summed E-state index contributed by atoms with van der Waals surface area (Å²) in [7, 11) is -3.44. The molecular formula is C9H20Cl2N3O2P. The number of halogens is 2. The molecule has 0 heterocycles. The SMILES string of the molecule is CCC(CC)=NOP(N)(=O)N(CCCl)CCCl. The lowest BCUT2D eigenvalue weighted by Crippen LogP contribution is -2.29. The third-order valence-corrected chi connectivity index (χ3v) is 4.02. The Balaban J connectivity index is 4.60. The lowest BCUT2D eigenvalue weighted by atomic mass is 10.2. The third-order valence-electron chi connectivity index (χ3n) is 2.18. The molecule has 0 aliphatic carbocycles. The van der Waals surface area contributed by atoms with E-state index >= 15 is 0 Å². The van der Waals surface area contributed by atoms with Gasteiger partial charge in [0.05, 0.1) is 5.71 Å². The molecule has 0 bridgehead atoms. The molecule has 0 fully saturated rings. The van der Waals surface area contributed by atoms with E-state index < -0.39 is 7.67 Å². The van der Waals surface area contributed by atoms with Gasteiger partial charge < -0.3 is 4.62 Å². The minimum absolute atomic E-state index is 0.305. The Hall–Kier alpha value is 0.200. The molecule has 0 aliphatic heterocycles. The van der Waals surface area contributed by atoms with Gasteiger partial charge in [0.15, 0.2) is 0 Å². The summed E-state index contributed by atoms with van der Waals surface area (Å²) in [6, 6.07) is 0. The molecule has 0 saturated heterocycles. The van der Waals surface area contributed by atoms with E-state index in [0.29, 0.717) is 24.8 Å². The first-order chi connectivity index (χ1) is 8.01. The normalized spacial score (nSPS) is 14.5. The highest BCUT2D eigenvalue weighted by Gasteiger charge is 2.28. The van der Waals surface area contributed by atoms with E-state index in [9.17, 15) is 4.57 Å². The number of nitrogens with zero attached hydrogens (tertiary/aromatic N) is 2. The number of rotatable bonds is 9. The number of nitrogens with two attached hydrogens (primary N) is 1. The molecular weight excluding hydrogens is 284 g/mol. The summed E-state index contributed by atoms with van der Waals surface area (Å²) in [4.78, 5) is 0. The molecule has 0 aliphatic rings. The van der Waals surface area contributed by atoms with Gasteiger partial charge in [-0.05, 0) is 12.8 Å². The van der Waals surface area contributed by atoms with E-state index in [4.69, 9.17) is 33.3 Å². The van der Waals surface area contributed by atoms with Crippen molar-refractivity contribution in [2.24, 2.45) is 10.7 Å². The minimum atomic E-state index is -3.44. The highest BCUT2D eigenvalue weighted by atomic mass is 35.5. The first-order valence-corrected chi connectivity index (χ1v) is 8.23. The Kier molecular flexibility index (Phi) is 9.28. The Bertz CT molecular complexity index is 277. The van der Waals surface area contributed by atoms with Crippen molar-refractivity contribution < 1.29 is 9.19 Å². The molecule has 102 valence electrons. The highest BCUT2D eigenvalue weighted by molar-refractivity contribution is 7.53. The first-order valence-electron chi connectivity index (χ1n) is 5.52. The van der Waals surface area contributed by atoms with Crippen LogP contribution in [0.5, 0.6) is 0 Å². The second-order valence-electron chi connectivity index (χ2n) is 3.34. The summed E-state index contributed by atoms with van der Waals surface area (Å²) in [6.45, 7) is 4.60. The predicted octanol–water partition coefficient (Wildman–Crippen LogP) is 3.03. The molecule has 1 unspecified atom stereocenters. The van der Waals surface area contributed by atoms with Crippen LogP contribution in [0.15, 0.2) is 5.16 Å². The van der Waals surface area contributed by atoms with Crippen LogP contribution in [0.3, 0.4) is 0 Å². The smallest absolute Gasteiger partial charge is 0.311 e. The lowest BCUT2D eigenvalue weighted by molar-refractivity contribution is 0.277. The zero-order valence-corrected chi connectivity index (χ0v) is 12.6. The van der Waals surface area contributed by atoms with Gasteiger partial charge in [-0.25, -0.2) is 14.7 Å². The average molecular weight is 304 g/mol. The molecule has 2 N–H and O–H groups in total. The Morgan fingerprint density at radius 3 is 2.12 bits per heavy atom. The standard InChI is InChI=1S/C9H20Cl2N3O2P/c1-3-9(4-2)13-16-17(12,15)14(7-5-10)8-6-11/h3-8H2,1-2H3,(H2,12,15). The van der Waals surface area contributed by atoms with Crippen LogP contribution in [0.25, 0.3) is 0 Å². The maximum atomic E-state index is 12.1. The fourth-order valence-electron chi connectivity index (χ4n) is 1.13. The van der Waals surface area contributed by atoms with Gasteiger partial charge in [0.2, 0.25) is 0 Å². The molecule has 0 rings (SSSR count). The van der Waals surface area contributed by atoms with E-state index in [2.05, 4.69) is 5.16 Å². The van der Waals surface area contributed by atoms with Crippen LogP contribution in [0.2, 0.25) is 0 Å². The molecule has 5 nitrogen and oxygen atoms in total. The van der Waals surface area contributed by atoms with Crippen molar-refractivity contribution >= 4 is 36.6 Å². The van der Waals surface area contributed by atoms with Crippen molar-refractivity contribution in [3.8, 4) is 0 Å². The van der Waals surface area contributed by atoms with Crippen LogP contribution in [0.4, 0.5) is 0 Å². The van der Waals surface area contributed by atoms with Crippen molar-refractivity contribution in [1.82, 2.24) is 4.67 Å². The molecule has 0 radical (unpaired) electrons. The highest BCUT2D eigenvalue weighted by Crippen LogP contribution is 2.42. The summed E-state index contributed by atoms with van der Waals surface area (Å²) in [5, 5.41) is 3.82. The maximum absolute atomic E-state index is 12.1. The van der Waals surface area contributed by atoms with Crippen molar-refractivity contribution in [3.63, 3.8) is 0 Å². The number of alkyl halides is 2. The van der Waals surface area contributed by atoms with E-state index in [1.165, 1.54) is 4.67 Å². The van der Waals surface area contributed by atoms with Crippen molar-refractivity contribution in [2.75, 3.05) is 24.8 Å². The van der Waals surface area contributed by atoms with Crippen LogP contribution < -0.4 is 5.50 Å². The van der Waals surface area contributed by atoms with Crippen molar-refractivity contribution in [1.29, 1.82) is 0 Å². The van der Waals surface area contributed by atoms with Crippen LogP contribution >= 0.6 is 30.9 Å². The van der Waals surface area contributed by atoms with Gasteiger partial charge in [-0.2, -0.15) is 0 Å². The molecule has 0 spiro atoms. The second-order valence-corrected chi connectivity index (χ2v) is 5.96. The lowest BCUT2D eigenvalue weighted by Gasteiger charge is -2.24. The van der Waals surface area contributed by atoms with Gasteiger partial charge >= 0.3 is 7.67 Å². The Labute approximate surface area is 113 Å². The molecule has 17 heavy (non-hydrogen) atoms. The zero-order chi connectivity index (χ0) is 13.3. The van der Waals surface area contributed by atoms with Crippen molar-refractivity contribution in [2.45, 2.75) is 26.7 Å². The topological polar surface area (TPSA) is 67.9 Å². The third kappa shape index (κ3) is 6.63. The predicted molar refractivity (Wildman–Crippen MR) is 73.9 cm³/mol. The first kappa shape index (κ1) is 17.2. The van der Waals surface area contributed by atoms with E-state index in [1.807, 2.05) is 13.8 Å².